The summed E-state index contributed by atoms with van der Waals surface area (Å²) in [4.78, 5) is 33.4. The molecule has 0 bridgehead atoms. The van der Waals surface area contributed by atoms with E-state index in [1.54, 1.807) is 22.2 Å². The first kappa shape index (κ1) is 19.8. The van der Waals surface area contributed by atoms with Crippen molar-refractivity contribution in [2.45, 2.75) is 32.4 Å². The minimum atomic E-state index is -0.417. The lowest BCUT2D eigenvalue weighted by molar-refractivity contribution is -0.135. The largest absolute Gasteiger partial charge is 0.331 e. The topological polar surface area (TPSA) is 53.5 Å². The molecule has 1 fully saturated rings. The average molecular weight is 399 g/mol. The summed E-state index contributed by atoms with van der Waals surface area (Å²) >= 11 is 0. The molecule has 0 aliphatic carbocycles. The maximum Gasteiger partial charge on any atom is 0.250 e. The van der Waals surface area contributed by atoms with Crippen LogP contribution in [0.4, 0.5) is 5.69 Å². The number of benzene rings is 2. The first-order chi connectivity index (χ1) is 14.6. The van der Waals surface area contributed by atoms with Crippen molar-refractivity contribution in [1.82, 2.24) is 9.88 Å². The van der Waals surface area contributed by atoms with E-state index in [4.69, 9.17) is 0 Å². The number of carbonyl (C=O) groups excluding carboxylic acids is 2. The molecule has 1 atom stereocenters. The van der Waals surface area contributed by atoms with E-state index in [1.165, 1.54) is 6.92 Å². The molecule has 1 aliphatic heterocycles. The van der Waals surface area contributed by atoms with Crippen LogP contribution in [0.1, 0.15) is 25.3 Å². The van der Waals surface area contributed by atoms with Crippen molar-refractivity contribution < 1.29 is 9.59 Å². The van der Waals surface area contributed by atoms with Gasteiger partial charge in [0.25, 0.3) is 0 Å². The molecule has 5 nitrogen and oxygen atoms in total. The summed E-state index contributed by atoms with van der Waals surface area (Å²) in [6.45, 7) is 2.58. The van der Waals surface area contributed by atoms with Gasteiger partial charge in [-0.1, -0.05) is 48.5 Å². The fourth-order valence-electron chi connectivity index (χ4n) is 4.03. The van der Waals surface area contributed by atoms with E-state index < -0.39 is 6.04 Å². The molecule has 30 heavy (non-hydrogen) atoms. The Morgan fingerprint density at radius 1 is 1.03 bits per heavy atom. The molecule has 1 unspecified atom stereocenters. The number of hydrogen-bond acceptors (Lipinski definition) is 3. The molecule has 5 heteroatoms. The van der Waals surface area contributed by atoms with E-state index in [0.717, 1.165) is 28.8 Å². The molecule has 152 valence electrons. The van der Waals surface area contributed by atoms with Gasteiger partial charge in [0.1, 0.15) is 6.04 Å². The summed E-state index contributed by atoms with van der Waals surface area (Å²) in [5.74, 6) is -0.0954. The van der Waals surface area contributed by atoms with Gasteiger partial charge in [0, 0.05) is 31.5 Å². The van der Waals surface area contributed by atoms with Crippen molar-refractivity contribution in [2.24, 2.45) is 0 Å². The van der Waals surface area contributed by atoms with Gasteiger partial charge in [-0.3, -0.25) is 14.6 Å². The van der Waals surface area contributed by atoms with Gasteiger partial charge in [-0.05, 0) is 47.7 Å². The smallest absolute Gasteiger partial charge is 0.250 e. The summed E-state index contributed by atoms with van der Waals surface area (Å²) in [6.07, 6.45) is 5.04. The van der Waals surface area contributed by atoms with Crippen molar-refractivity contribution in [3.05, 3.63) is 84.7 Å². The van der Waals surface area contributed by atoms with E-state index in [1.807, 2.05) is 54.6 Å². The number of rotatable bonds is 5. The van der Waals surface area contributed by atoms with Crippen LogP contribution in [-0.2, 0) is 16.1 Å². The van der Waals surface area contributed by atoms with Crippen molar-refractivity contribution in [3.63, 3.8) is 0 Å². The van der Waals surface area contributed by atoms with Crippen LogP contribution >= 0.6 is 0 Å². The third-order valence-corrected chi connectivity index (χ3v) is 5.54. The molecule has 1 saturated heterocycles. The quantitative estimate of drug-likeness (QED) is 0.643. The first-order valence-corrected chi connectivity index (χ1v) is 10.3. The molecule has 1 aromatic heterocycles. The molecular formula is C25H25N3O2. The Morgan fingerprint density at radius 3 is 2.57 bits per heavy atom. The maximum absolute atomic E-state index is 13.6. The Balaban J connectivity index is 1.71. The van der Waals surface area contributed by atoms with Crippen LogP contribution in [0.3, 0.4) is 0 Å². The average Bonchev–Trinajstić information content (AvgIpc) is 3.29. The molecule has 0 saturated carbocycles. The molecule has 0 spiro atoms. The zero-order valence-electron chi connectivity index (χ0n) is 17.1. The Kier molecular flexibility index (Phi) is 5.89. The highest BCUT2D eigenvalue weighted by Gasteiger charge is 2.35. The summed E-state index contributed by atoms with van der Waals surface area (Å²) in [5, 5.41) is 0. The van der Waals surface area contributed by atoms with Gasteiger partial charge < -0.3 is 9.80 Å². The van der Waals surface area contributed by atoms with Crippen LogP contribution in [-0.4, -0.2) is 34.3 Å². The van der Waals surface area contributed by atoms with E-state index in [9.17, 15) is 9.59 Å². The van der Waals surface area contributed by atoms with Gasteiger partial charge >= 0.3 is 0 Å². The summed E-state index contributed by atoms with van der Waals surface area (Å²) in [5.41, 5.74) is 3.91. The van der Waals surface area contributed by atoms with Gasteiger partial charge in [0.05, 0.1) is 6.54 Å². The standard InChI is InChI=1S/C25H25N3O2/c1-19(29)27-15-7-13-24(27)25(30)28(18-20-8-6-14-26-17-20)23-12-5-11-22(16-23)21-9-3-2-4-10-21/h2-6,8-12,14,16-17,24H,7,13,15,18H2,1H3. The molecule has 1 aliphatic rings. The minimum absolute atomic E-state index is 0.0447. The SMILES string of the molecule is CC(=O)N1CCCC1C(=O)N(Cc1cccnc1)c1cccc(-c2ccccc2)c1. The van der Waals surface area contributed by atoms with Crippen molar-refractivity contribution >= 4 is 17.5 Å². The first-order valence-electron chi connectivity index (χ1n) is 10.3. The van der Waals surface area contributed by atoms with Crippen molar-refractivity contribution in [3.8, 4) is 11.1 Å². The summed E-state index contributed by atoms with van der Waals surface area (Å²) in [6, 6.07) is 21.5. The third-order valence-electron chi connectivity index (χ3n) is 5.54. The third kappa shape index (κ3) is 4.25. The van der Waals surface area contributed by atoms with Crippen LogP contribution in [0.5, 0.6) is 0 Å². The zero-order valence-corrected chi connectivity index (χ0v) is 17.1. The predicted molar refractivity (Wildman–Crippen MR) is 118 cm³/mol. The number of likely N-dealkylation sites (tertiary alicyclic amines) is 1. The van der Waals surface area contributed by atoms with Gasteiger partial charge in [-0.25, -0.2) is 0 Å². The molecule has 4 rings (SSSR count). The molecule has 2 heterocycles. The molecule has 2 amide bonds. The predicted octanol–water partition coefficient (Wildman–Crippen LogP) is 4.29. The van der Waals surface area contributed by atoms with Crippen LogP contribution in [0, 0.1) is 0 Å². The monoisotopic (exact) mass is 399 g/mol. The lowest BCUT2D eigenvalue weighted by Crippen LogP contribution is -2.47. The van der Waals surface area contributed by atoms with E-state index in [2.05, 4.69) is 17.1 Å². The Bertz CT molecular complexity index is 1020. The van der Waals surface area contributed by atoms with E-state index in [0.29, 0.717) is 19.5 Å². The number of nitrogens with zero attached hydrogens (tertiary/aromatic N) is 3. The van der Waals surface area contributed by atoms with Gasteiger partial charge in [-0.2, -0.15) is 0 Å². The lowest BCUT2D eigenvalue weighted by atomic mass is 10.0. The van der Waals surface area contributed by atoms with E-state index in [-0.39, 0.29) is 11.8 Å². The minimum Gasteiger partial charge on any atom is -0.331 e. The highest BCUT2D eigenvalue weighted by atomic mass is 16.2. The molecule has 3 aromatic rings. The van der Waals surface area contributed by atoms with Crippen LogP contribution in [0.15, 0.2) is 79.1 Å². The zero-order chi connectivity index (χ0) is 20.9. The lowest BCUT2D eigenvalue weighted by Gasteiger charge is -2.30. The molecule has 0 radical (unpaired) electrons. The fraction of sp³-hybridized carbons (Fsp3) is 0.240. The van der Waals surface area contributed by atoms with Gasteiger partial charge in [0.2, 0.25) is 11.8 Å². The van der Waals surface area contributed by atoms with Crippen molar-refractivity contribution in [2.75, 3.05) is 11.4 Å². The number of aromatic nitrogens is 1. The number of hydrogen-bond donors (Lipinski definition) is 0. The van der Waals surface area contributed by atoms with E-state index >= 15 is 0 Å². The number of amides is 2. The van der Waals surface area contributed by atoms with Gasteiger partial charge in [-0.15, -0.1) is 0 Å². The highest BCUT2D eigenvalue weighted by molar-refractivity contribution is 5.99. The summed E-state index contributed by atoms with van der Waals surface area (Å²) < 4.78 is 0. The van der Waals surface area contributed by atoms with Crippen LogP contribution in [0.25, 0.3) is 11.1 Å². The number of pyridine rings is 1. The van der Waals surface area contributed by atoms with Gasteiger partial charge in [0.15, 0.2) is 0 Å². The Hall–Kier alpha value is -3.47. The molecule has 2 aromatic carbocycles. The number of carbonyl (C=O) groups is 2. The Morgan fingerprint density at radius 2 is 1.83 bits per heavy atom. The maximum atomic E-state index is 13.6. The highest BCUT2D eigenvalue weighted by Crippen LogP contribution is 2.28. The Labute approximate surface area is 177 Å². The molecular weight excluding hydrogens is 374 g/mol. The fourth-order valence-corrected chi connectivity index (χ4v) is 4.03. The normalized spacial score (nSPS) is 15.8. The second kappa shape index (κ2) is 8.91. The molecule has 0 N–H and O–H groups in total. The summed E-state index contributed by atoms with van der Waals surface area (Å²) in [7, 11) is 0. The van der Waals surface area contributed by atoms with Crippen molar-refractivity contribution in [1.29, 1.82) is 0 Å². The van der Waals surface area contributed by atoms with Crippen LogP contribution in [0.2, 0.25) is 0 Å². The number of anilines is 1. The second-order valence-corrected chi connectivity index (χ2v) is 7.57. The van der Waals surface area contributed by atoms with Crippen LogP contribution < -0.4 is 4.90 Å². The second-order valence-electron chi connectivity index (χ2n) is 7.57.